The number of rotatable bonds is 3. The number of esters is 1. The van der Waals surface area contributed by atoms with Crippen molar-refractivity contribution in [3.63, 3.8) is 0 Å². The zero-order valence-electron chi connectivity index (χ0n) is 11.7. The second kappa shape index (κ2) is 5.99. The van der Waals surface area contributed by atoms with Gasteiger partial charge in [-0.1, -0.05) is 0 Å². The van der Waals surface area contributed by atoms with E-state index in [-0.39, 0.29) is 18.3 Å². The van der Waals surface area contributed by atoms with E-state index in [9.17, 15) is 26.7 Å². The molecular weight excluding hydrogens is 339 g/mol. The van der Waals surface area contributed by atoms with E-state index in [1.165, 1.54) is 18.2 Å². The third kappa shape index (κ3) is 2.72. The van der Waals surface area contributed by atoms with E-state index in [2.05, 4.69) is 0 Å². The summed E-state index contributed by atoms with van der Waals surface area (Å²) in [4.78, 5) is 11.7. The minimum absolute atomic E-state index is 0.0166. The van der Waals surface area contributed by atoms with Gasteiger partial charge in [-0.15, -0.1) is 0 Å². The highest BCUT2D eigenvalue weighted by molar-refractivity contribution is 5.75. The van der Waals surface area contributed by atoms with E-state index < -0.39 is 47.0 Å². The van der Waals surface area contributed by atoms with Gasteiger partial charge in [0.2, 0.25) is 12.6 Å². The van der Waals surface area contributed by atoms with E-state index in [1.54, 1.807) is 0 Å². The fourth-order valence-corrected chi connectivity index (χ4v) is 2.06. The van der Waals surface area contributed by atoms with Crippen LogP contribution in [0, 0.1) is 29.1 Å². The fourth-order valence-electron chi connectivity index (χ4n) is 2.06. The van der Waals surface area contributed by atoms with Crippen LogP contribution in [-0.2, 0) is 11.2 Å². The lowest BCUT2D eigenvalue weighted by Crippen LogP contribution is -2.16. The van der Waals surface area contributed by atoms with Gasteiger partial charge >= 0.3 is 5.97 Å². The van der Waals surface area contributed by atoms with Crippen LogP contribution in [0.1, 0.15) is 5.56 Å². The van der Waals surface area contributed by atoms with Crippen LogP contribution in [0.4, 0.5) is 22.0 Å². The standard InChI is InChI=1S/C15H7F5O4/c16-11-7(12(17)14(19)15(20)13(11)18)4-10(21)24-6-1-2-8-9(3-6)23-5-22-8/h1-3H,4-5H2. The van der Waals surface area contributed by atoms with Gasteiger partial charge in [-0.2, -0.15) is 0 Å². The highest BCUT2D eigenvalue weighted by Crippen LogP contribution is 2.35. The third-order valence-electron chi connectivity index (χ3n) is 3.20. The lowest BCUT2D eigenvalue weighted by atomic mass is 10.1. The molecule has 2 aromatic carbocycles. The quantitative estimate of drug-likeness (QED) is 0.281. The number of fused-ring (bicyclic) bond motifs is 1. The lowest BCUT2D eigenvalue weighted by Gasteiger charge is -2.08. The lowest BCUT2D eigenvalue weighted by molar-refractivity contribution is -0.133. The normalized spacial score (nSPS) is 12.4. The smallest absolute Gasteiger partial charge is 0.315 e. The Morgan fingerprint density at radius 2 is 1.50 bits per heavy atom. The molecular formula is C15H7F5O4. The largest absolute Gasteiger partial charge is 0.454 e. The summed E-state index contributed by atoms with van der Waals surface area (Å²) < 4.78 is 81.1. The van der Waals surface area contributed by atoms with Crippen LogP contribution in [0.15, 0.2) is 18.2 Å². The molecule has 4 nitrogen and oxygen atoms in total. The first-order valence-corrected chi connectivity index (χ1v) is 6.49. The van der Waals surface area contributed by atoms with E-state index in [0.717, 1.165) is 0 Å². The number of benzene rings is 2. The monoisotopic (exact) mass is 346 g/mol. The zero-order chi connectivity index (χ0) is 17.4. The second-order valence-electron chi connectivity index (χ2n) is 4.71. The van der Waals surface area contributed by atoms with Gasteiger partial charge in [0.25, 0.3) is 0 Å². The summed E-state index contributed by atoms with van der Waals surface area (Å²) in [5.41, 5.74) is -1.27. The van der Waals surface area contributed by atoms with Crippen LogP contribution in [-0.4, -0.2) is 12.8 Å². The van der Waals surface area contributed by atoms with Gasteiger partial charge in [-0.25, -0.2) is 22.0 Å². The summed E-state index contributed by atoms with van der Waals surface area (Å²) in [6, 6.07) is 4.05. The molecule has 0 aliphatic carbocycles. The van der Waals surface area contributed by atoms with E-state index >= 15 is 0 Å². The zero-order valence-corrected chi connectivity index (χ0v) is 11.7. The molecule has 1 aliphatic heterocycles. The molecule has 0 saturated carbocycles. The van der Waals surface area contributed by atoms with Crippen molar-refractivity contribution < 1.29 is 41.0 Å². The molecule has 0 radical (unpaired) electrons. The van der Waals surface area contributed by atoms with Crippen molar-refractivity contribution in [2.45, 2.75) is 6.42 Å². The first-order valence-electron chi connectivity index (χ1n) is 6.49. The van der Waals surface area contributed by atoms with Crippen molar-refractivity contribution in [1.82, 2.24) is 0 Å². The van der Waals surface area contributed by atoms with Crippen molar-refractivity contribution in [2.24, 2.45) is 0 Å². The number of carbonyl (C=O) groups excluding carboxylic acids is 1. The Morgan fingerprint density at radius 3 is 2.17 bits per heavy atom. The van der Waals surface area contributed by atoms with Gasteiger partial charge in [0.1, 0.15) is 5.75 Å². The molecule has 2 aromatic rings. The summed E-state index contributed by atoms with van der Waals surface area (Å²) in [6.07, 6.45) is -1.14. The van der Waals surface area contributed by atoms with Crippen molar-refractivity contribution in [2.75, 3.05) is 6.79 Å². The average molecular weight is 346 g/mol. The summed E-state index contributed by atoms with van der Waals surface area (Å²) >= 11 is 0. The van der Waals surface area contributed by atoms with Gasteiger partial charge in [0, 0.05) is 11.6 Å². The van der Waals surface area contributed by atoms with Crippen LogP contribution < -0.4 is 14.2 Å². The molecule has 0 N–H and O–H groups in total. The van der Waals surface area contributed by atoms with Crippen LogP contribution >= 0.6 is 0 Å². The molecule has 0 aromatic heterocycles. The van der Waals surface area contributed by atoms with Gasteiger partial charge in [0.05, 0.1) is 6.42 Å². The summed E-state index contributed by atoms with van der Waals surface area (Å²) in [6.45, 7) is -0.0166. The third-order valence-corrected chi connectivity index (χ3v) is 3.20. The molecule has 0 atom stereocenters. The van der Waals surface area contributed by atoms with Crippen molar-refractivity contribution in [1.29, 1.82) is 0 Å². The topological polar surface area (TPSA) is 44.8 Å². The van der Waals surface area contributed by atoms with E-state index in [0.29, 0.717) is 5.75 Å². The Hall–Kier alpha value is -2.84. The molecule has 9 heteroatoms. The maximum absolute atomic E-state index is 13.5. The van der Waals surface area contributed by atoms with E-state index in [4.69, 9.17) is 14.2 Å². The number of halogens is 5. The maximum atomic E-state index is 13.5. The van der Waals surface area contributed by atoms with Crippen LogP contribution in [0.3, 0.4) is 0 Å². The molecule has 126 valence electrons. The molecule has 24 heavy (non-hydrogen) atoms. The molecule has 0 saturated heterocycles. The molecule has 0 fully saturated rings. The van der Waals surface area contributed by atoms with Crippen molar-refractivity contribution >= 4 is 5.97 Å². The molecule has 1 aliphatic rings. The highest BCUT2D eigenvalue weighted by Gasteiger charge is 2.27. The van der Waals surface area contributed by atoms with Gasteiger partial charge in [0.15, 0.2) is 34.8 Å². The first-order chi connectivity index (χ1) is 11.4. The Kier molecular flexibility index (Phi) is 4.00. The van der Waals surface area contributed by atoms with Crippen LogP contribution in [0.25, 0.3) is 0 Å². The van der Waals surface area contributed by atoms with Gasteiger partial charge < -0.3 is 14.2 Å². The fraction of sp³-hybridized carbons (Fsp3) is 0.133. The molecule has 0 bridgehead atoms. The van der Waals surface area contributed by atoms with Gasteiger partial charge in [-0.3, -0.25) is 4.79 Å². The summed E-state index contributed by atoms with van der Waals surface area (Å²) in [5.74, 6) is -11.2. The molecule has 1 heterocycles. The van der Waals surface area contributed by atoms with Crippen LogP contribution in [0.2, 0.25) is 0 Å². The average Bonchev–Trinajstić information content (AvgIpc) is 3.03. The predicted molar refractivity (Wildman–Crippen MR) is 68.1 cm³/mol. The van der Waals surface area contributed by atoms with Crippen LogP contribution in [0.5, 0.6) is 17.2 Å². The van der Waals surface area contributed by atoms with E-state index in [1.807, 2.05) is 0 Å². The second-order valence-corrected chi connectivity index (χ2v) is 4.71. The SMILES string of the molecule is O=C(Cc1c(F)c(F)c(F)c(F)c1F)Oc1ccc2c(c1)OCO2. The molecule has 0 amide bonds. The molecule has 3 rings (SSSR count). The molecule has 0 spiro atoms. The number of hydrogen-bond donors (Lipinski definition) is 0. The van der Waals surface area contributed by atoms with Crippen molar-refractivity contribution in [3.05, 3.63) is 52.8 Å². The minimum atomic E-state index is -2.29. The first kappa shape index (κ1) is 16.0. The Morgan fingerprint density at radius 1 is 0.917 bits per heavy atom. The summed E-state index contributed by atoms with van der Waals surface area (Å²) in [5, 5.41) is 0. The van der Waals surface area contributed by atoms with Gasteiger partial charge in [-0.05, 0) is 12.1 Å². The number of ether oxygens (including phenoxy) is 3. The maximum Gasteiger partial charge on any atom is 0.315 e. The Bertz CT molecular complexity index is 808. The number of carbonyl (C=O) groups is 1. The Balaban J connectivity index is 1.81. The minimum Gasteiger partial charge on any atom is -0.454 e. The number of hydrogen-bond acceptors (Lipinski definition) is 4. The Labute approximate surface area is 131 Å². The summed E-state index contributed by atoms with van der Waals surface area (Å²) in [7, 11) is 0. The predicted octanol–water partition coefficient (Wildman–Crippen LogP) is 3.26. The van der Waals surface area contributed by atoms with Crippen molar-refractivity contribution in [3.8, 4) is 17.2 Å². The molecule has 0 unspecified atom stereocenters. The highest BCUT2D eigenvalue weighted by atomic mass is 19.2.